The molecule has 25 heavy (non-hydrogen) atoms. The summed E-state index contributed by atoms with van der Waals surface area (Å²) < 4.78 is 16.9. The third-order valence-electron chi connectivity index (χ3n) is 3.34. The number of halogens is 1. The molecule has 2 aromatic carbocycles. The second-order valence-electron chi connectivity index (χ2n) is 5.24. The Morgan fingerprint density at radius 1 is 1.08 bits per heavy atom. The van der Waals surface area contributed by atoms with Crippen LogP contribution in [0.25, 0.3) is 0 Å². The van der Waals surface area contributed by atoms with Crippen LogP contribution in [-0.2, 0) is 11.2 Å². The quantitative estimate of drug-likeness (QED) is 0.639. The molecule has 5 nitrogen and oxygen atoms in total. The second-order valence-corrected chi connectivity index (χ2v) is 5.65. The van der Waals surface area contributed by atoms with Crippen molar-refractivity contribution in [3.05, 3.63) is 53.1 Å². The van der Waals surface area contributed by atoms with E-state index in [9.17, 15) is 4.79 Å². The first-order valence-corrected chi connectivity index (χ1v) is 8.45. The maximum Gasteiger partial charge on any atom is 0.303 e. The summed E-state index contributed by atoms with van der Waals surface area (Å²) in [4.78, 5) is 10.7. The molecule has 2 aromatic rings. The molecule has 1 N–H and O–H groups in total. The van der Waals surface area contributed by atoms with Crippen LogP contribution in [0.4, 0.5) is 0 Å². The maximum absolute atomic E-state index is 10.7. The van der Waals surface area contributed by atoms with Gasteiger partial charge in [0.2, 0.25) is 0 Å². The number of rotatable bonds is 10. The van der Waals surface area contributed by atoms with Crippen molar-refractivity contribution in [3.8, 4) is 17.2 Å². The molecule has 0 radical (unpaired) electrons. The first-order valence-electron chi connectivity index (χ1n) is 8.07. The third kappa shape index (κ3) is 6.19. The standard InChI is InChI=1S/C19H21ClO5/c1-2-23-17-13-14(8-9-18(21)22)12-16(20)19(17)25-11-10-24-15-6-4-3-5-7-15/h3-7,12-13H,2,8-11H2,1H3,(H,21,22). The molecule has 0 heterocycles. The Morgan fingerprint density at radius 2 is 1.80 bits per heavy atom. The largest absolute Gasteiger partial charge is 0.490 e. The smallest absolute Gasteiger partial charge is 0.303 e. The van der Waals surface area contributed by atoms with Gasteiger partial charge in [-0.3, -0.25) is 4.79 Å². The van der Waals surface area contributed by atoms with Crippen LogP contribution in [0.1, 0.15) is 18.9 Å². The summed E-state index contributed by atoms with van der Waals surface area (Å²) in [5.41, 5.74) is 0.795. The van der Waals surface area contributed by atoms with Crippen molar-refractivity contribution in [3.63, 3.8) is 0 Å². The van der Waals surface area contributed by atoms with E-state index in [4.69, 9.17) is 30.9 Å². The average Bonchev–Trinajstić information content (AvgIpc) is 2.59. The molecule has 0 unspecified atom stereocenters. The third-order valence-corrected chi connectivity index (χ3v) is 3.62. The van der Waals surface area contributed by atoms with E-state index in [1.807, 2.05) is 37.3 Å². The highest BCUT2D eigenvalue weighted by Crippen LogP contribution is 2.37. The predicted molar refractivity (Wildman–Crippen MR) is 96.0 cm³/mol. The molecule has 0 saturated carbocycles. The Balaban J connectivity index is 1.99. The van der Waals surface area contributed by atoms with Gasteiger partial charge in [-0.25, -0.2) is 0 Å². The molecule has 0 atom stereocenters. The minimum atomic E-state index is -0.854. The first kappa shape index (κ1) is 18.9. The van der Waals surface area contributed by atoms with E-state index in [-0.39, 0.29) is 6.42 Å². The van der Waals surface area contributed by atoms with Gasteiger partial charge in [-0.2, -0.15) is 0 Å². The highest BCUT2D eigenvalue weighted by molar-refractivity contribution is 6.32. The van der Waals surface area contributed by atoms with E-state index in [0.717, 1.165) is 11.3 Å². The summed E-state index contributed by atoms with van der Waals surface area (Å²) in [5, 5.41) is 9.20. The average molecular weight is 365 g/mol. The molecule has 2 rings (SSSR count). The van der Waals surface area contributed by atoms with Gasteiger partial charge in [0, 0.05) is 6.42 Å². The van der Waals surface area contributed by atoms with Crippen LogP contribution in [0, 0.1) is 0 Å². The van der Waals surface area contributed by atoms with Crippen molar-refractivity contribution < 1.29 is 24.1 Å². The SMILES string of the molecule is CCOc1cc(CCC(=O)O)cc(Cl)c1OCCOc1ccccc1. The van der Waals surface area contributed by atoms with Crippen LogP contribution in [0.3, 0.4) is 0 Å². The molecule has 0 aliphatic rings. The van der Waals surface area contributed by atoms with Gasteiger partial charge in [0.1, 0.15) is 19.0 Å². The van der Waals surface area contributed by atoms with Crippen molar-refractivity contribution >= 4 is 17.6 Å². The number of para-hydroxylation sites is 1. The number of aryl methyl sites for hydroxylation is 1. The molecule has 0 bridgehead atoms. The van der Waals surface area contributed by atoms with Gasteiger partial charge in [0.15, 0.2) is 11.5 Å². The van der Waals surface area contributed by atoms with Crippen LogP contribution in [0.5, 0.6) is 17.2 Å². The van der Waals surface area contributed by atoms with Gasteiger partial charge in [-0.1, -0.05) is 29.8 Å². The van der Waals surface area contributed by atoms with E-state index >= 15 is 0 Å². The van der Waals surface area contributed by atoms with E-state index < -0.39 is 5.97 Å². The van der Waals surface area contributed by atoms with Gasteiger partial charge in [-0.05, 0) is 43.2 Å². The Labute approximate surface area is 152 Å². The first-order chi connectivity index (χ1) is 12.1. The van der Waals surface area contributed by atoms with E-state index in [1.54, 1.807) is 12.1 Å². The fraction of sp³-hybridized carbons (Fsp3) is 0.316. The van der Waals surface area contributed by atoms with Crippen LogP contribution >= 0.6 is 11.6 Å². The van der Waals surface area contributed by atoms with Crippen molar-refractivity contribution in [1.29, 1.82) is 0 Å². The number of carboxylic acids is 1. The van der Waals surface area contributed by atoms with E-state index in [0.29, 0.717) is 42.8 Å². The molecule has 6 heteroatoms. The van der Waals surface area contributed by atoms with Gasteiger partial charge >= 0.3 is 5.97 Å². The normalized spacial score (nSPS) is 10.3. The zero-order valence-corrected chi connectivity index (χ0v) is 14.8. The maximum atomic E-state index is 10.7. The lowest BCUT2D eigenvalue weighted by atomic mass is 10.1. The van der Waals surface area contributed by atoms with Gasteiger partial charge in [0.05, 0.1) is 11.6 Å². The molecular formula is C19H21ClO5. The van der Waals surface area contributed by atoms with Crippen LogP contribution in [-0.4, -0.2) is 30.9 Å². The predicted octanol–water partition coefficient (Wildman–Crippen LogP) is 4.21. The fourth-order valence-electron chi connectivity index (χ4n) is 2.24. The van der Waals surface area contributed by atoms with Crippen LogP contribution in [0.2, 0.25) is 5.02 Å². The summed E-state index contributed by atoms with van der Waals surface area (Å²) in [7, 11) is 0. The van der Waals surface area contributed by atoms with Gasteiger partial charge < -0.3 is 19.3 Å². The van der Waals surface area contributed by atoms with Crippen LogP contribution < -0.4 is 14.2 Å². The second kappa shape index (κ2) is 9.79. The van der Waals surface area contributed by atoms with Crippen molar-refractivity contribution in [2.24, 2.45) is 0 Å². The minimum Gasteiger partial charge on any atom is -0.490 e. The molecular weight excluding hydrogens is 344 g/mol. The Hall–Kier alpha value is -2.40. The number of carboxylic acid groups (broad SMARTS) is 1. The van der Waals surface area contributed by atoms with Gasteiger partial charge in [-0.15, -0.1) is 0 Å². The lowest BCUT2D eigenvalue weighted by Crippen LogP contribution is -2.10. The van der Waals surface area contributed by atoms with E-state index in [1.165, 1.54) is 0 Å². The van der Waals surface area contributed by atoms with Gasteiger partial charge in [0.25, 0.3) is 0 Å². The fourth-order valence-corrected chi connectivity index (χ4v) is 2.53. The Morgan fingerprint density at radius 3 is 2.48 bits per heavy atom. The summed E-state index contributed by atoms with van der Waals surface area (Å²) in [5.74, 6) is 0.869. The molecule has 0 spiro atoms. The number of carbonyl (C=O) groups is 1. The zero-order chi connectivity index (χ0) is 18.1. The molecule has 0 saturated heterocycles. The number of aliphatic carboxylic acids is 1. The van der Waals surface area contributed by atoms with Crippen molar-refractivity contribution in [1.82, 2.24) is 0 Å². The molecule has 0 fully saturated rings. The molecule has 0 amide bonds. The molecule has 0 aromatic heterocycles. The molecule has 0 aliphatic carbocycles. The molecule has 0 aliphatic heterocycles. The highest BCUT2D eigenvalue weighted by atomic mass is 35.5. The number of hydrogen-bond acceptors (Lipinski definition) is 4. The summed E-state index contributed by atoms with van der Waals surface area (Å²) in [6.07, 6.45) is 0.416. The number of benzene rings is 2. The summed E-state index contributed by atoms with van der Waals surface area (Å²) in [6, 6.07) is 12.9. The highest BCUT2D eigenvalue weighted by Gasteiger charge is 2.13. The number of hydrogen-bond donors (Lipinski definition) is 1. The summed E-state index contributed by atoms with van der Waals surface area (Å²) >= 11 is 6.29. The van der Waals surface area contributed by atoms with Crippen molar-refractivity contribution in [2.45, 2.75) is 19.8 Å². The van der Waals surface area contributed by atoms with E-state index in [2.05, 4.69) is 0 Å². The molecule has 134 valence electrons. The Kier molecular flexibility index (Phi) is 7.41. The zero-order valence-electron chi connectivity index (χ0n) is 14.0. The monoisotopic (exact) mass is 364 g/mol. The number of ether oxygens (including phenoxy) is 3. The van der Waals surface area contributed by atoms with Crippen LogP contribution in [0.15, 0.2) is 42.5 Å². The lowest BCUT2D eigenvalue weighted by molar-refractivity contribution is -0.136. The topological polar surface area (TPSA) is 65.0 Å². The Bertz CT molecular complexity index is 688. The van der Waals surface area contributed by atoms with Crippen molar-refractivity contribution in [2.75, 3.05) is 19.8 Å². The summed E-state index contributed by atoms with van der Waals surface area (Å²) in [6.45, 7) is 2.99. The lowest BCUT2D eigenvalue weighted by Gasteiger charge is -2.15. The minimum absolute atomic E-state index is 0.0347.